The Morgan fingerprint density at radius 2 is 1.48 bits per heavy atom. The van der Waals surface area contributed by atoms with Crippen LogP contribution in [0.1, 0.15) is 59.8 Å². The zero-order valence-electron chi connectivity index (χ0n) is 14.7. The lowest BCUT2D eigenvalue weighted by Crippen LogP contribution is -2.28. The van der Waals surface area contributed by atoms with Crippen LogP contribution in [0.25, 0.3) is 0 Å². The van der Waals surface area contributed by atoms with Gasteiger partial charge < -0.3 is 5.32 Å². The fraction of sp³-hybridized carbons (Fsp3) is 0.300. The van der Waals surface area contributed by atoms with Gasteiger partial charge in [0.15, 0.2) is 0 Å². The standard InChI is InChI=1S/C20H24N2O3/c1-13(2)16-6-4-15(5-7-16)12-19(23)21-14(3)17-8-10-18(11-9-17)20(24)22-25/h4-11,13-14,25H,12H2,1-3H3,(H,21,23)(H,22,24). The summed E-state index contributed by atoms with van der Waals surface area (Å²) < 4.78 is 0. The van der Waals surface area contributed by atoms with Crippen LogP contribution >= 0.6 is 0 Å². The van der Waals surface area contributed by atoms with Crippen LogP contribution in [0, 0.1) is 0 Å². The van der Waals surface area contributed by atoms with Gasteiger partial charge in [-0.05, 0) is 41.7 Å². The molecule has 0 saturated carbocycles. The van der Waals surface area contributed by atoms with Crippen LogP contribution in [0.15, 0.2) is 48.5 Å². The van der Waals surface area contributed by atoms with E-state index < -0.39 is 5.91 Å². The van der Waals surface area contributed by atoms with Gasteiger partial charge in [0.25, 0.3) is 5.91 Å². The van der Waals surface area contributed by atoms with E-state index in [9.17, 15) is 9.59 Å². The summed E-state index contributed by atoms with van der Waals surface area (Å²) in [7, 11) is 0. The molecule has 1 atom stereocenters. The molecule has 5 nitrogen and oxygen atoms in total. The Balaban J connectivity index is 1.94. The van der Waals surface area contributed by atoms with E-state index in [2.05, 4.69) is 31.3 Å². The molecule has 1 unspecified atom stereocenters. The van der Waals surface area contributed by atoms with Crippen LogP contribution < -0.4 is 10.8 Å². The monoisotopic (exact) mass is 340 g/mol. The number of hydrogen-bond donors (Lipinski definition) is 3. The molecule has 0 aromatic heterocycles. The van der Waals surface area contributed by atoms with E-state index in [-0.39, 0.29) is 11.9 Å². The molecule has 0 radical (unpaired) electrons. The lowest BCUT2D eigenvalue weighted by molar-refractivity contribution is -0.121. The summed E-state index contributed by atoms with van der Waals surface area (Å²) >= 11 is 0. The van der Waals surface area contributed by atoms with Crippen LogP contribution in [0.4, 0.5) is 0 Å². The predicted octanol–water partition coefficient (Wildman–Crippen LogP) is 3.35. The van der Waals surface area contributed by atoms with Gasteiger partial charge in [-0.15, -0.1) is 0 Å². The van der Waals surface area contributed by atoms with Crippen molar-refractivity contribution in [3.8, 4) is 0 Å². The fourth-order valence-corrected chi connectivity index (χ4v) is 2.57. The zero-order valence-corrected chi connectivity index (χ0v) is 14.7. The highest BCUT2D eigenvalue weighted by atomic mass is 16.5. The molecular formula is C20H24N2O3. The first-order valence-electron chi connectivity index (χ1n) is 8.33. The second-order valence-corrected chi connectivity index (χ2v) is 6.43. The molecule has 0 spiro atoms. The molecule has 2 aromatic carbocycles. The molecule has 25 heavy (non-hydrogen) atoms. The van der Waals surface area contributed by atoms with Gasteiger partial charge in [-0.1, -0.05) is 50.2 Å². The summed E-state index contributed by atoms with van der Waals surface area (Å²) in [6.45, 7) is 6.17. The Labute approximate surface area is 148 Å². The van der Waals surface area contributed by atoms with E-state index >= 15 is 0 Å². The normalized spacial score (nSPS) is 11.9. The Morgan fingerprint density at radius 1 is 0.920 bits per heavy atom. The van der Waals surface area contributed by atoms with Crippen molar-refractivity contribution in [3.63, 3.8) is 0 Å². The van der Waals surface area contributed by atoms with Crippen molar-refractivity contribution in [2.75, 3.05) is 0 Å². The highest BCUT2D eigenvalue weighted by molar-refractivity contribution is 5.93. The largest absolute Gasteiger partial charge is 0.349 e. The first-order chi connectivity index (χ1) is 11.9. The molecule has 132 valence electrons. The Morgan fingerprint density at radius 3 is 2.00 bits per heavy atom. The number of hydrogen-bond acceptors (Lipinski definition) is 3. The summed E-state index contributed by atoms with van der Waals surface area (Å²) in [5.41, 5.74) is 5.07. The van der Waals surface area contributed by atoms with Crippen LogP contribution in [-0.4, -0.2) is 17.0 Å². The molecule has 3 N–H and O–H groups in total. The lowest BCUT2D eigenvalue weighted by Gasteiger charge is -2.15. The Hall–Kier alpha value is -2.66. The van der Waals surface area contributed by atoms with Crippen molar-refractivity contribution in [1.82, 2.24) is 10.8 Å². The minimum Gasteiger partial charge on any atom is -0.349 e. The fourth-order valence-electron chi connectivity index (χ4n) is 2.57. The van der Waals surface area contributed by atoms with Crippen molar-refractivity contribution < 1.29 is 14.8 Å². The minimum absolute atomic E-state index is 0.0537. The average molecular weight is 340 g/mol. The predicted molar refractivity (Wildman–Crippen MR) is 96.5 cm³/mol. The van der Waals surface area contributed by atoms with E-state index in [4.69, 9.17) is 5.21 Å². The molecule has 0 bridgehead atoms. The number of nitrogens with one attached hydrogen (secondary N) is 2. The lowest BCUT2D eigenvalue weighted by atomic mass is 10.0. The maximum Gasteiger partial charge on any atom is 0.274 e. The molecule has 0 fully saturated rings. The van der Waals surface area contributed by atoms with Gasteiger partial charge >= 0.3 is 0 Å². The van der Waals surface area contributed by atoms with Crippen LogP contribution in [-0.2, 0) is 11.2 Å². The highest BCUT2D eigenvalue weighted by Gasteiger charge is 2.11. The first kappa shape index (κ1) is 18.7. The van der Waals surface area contributed by atoms with E-state index in [1.165, 1.54) is 5.56 Å². The number of benzene rings is 2. The van der Waals surface area contributed by atoms with Gasteiger partial charge in [0, 0.05) is 5.56 Å². The van der Waals surface area contributed by atoms with Crippen LogP contribution in [0.3, 0.4) is 0 Å². The van der Waals surface area contributed by atoms with Gasteiger partial charge in [-0.25, -0.2) is 5.48 Å². The Kier molecular flexibility index (Phi) is 6.31. The summed E-state index contributed by atoms with van der Waals surface area (Å²) in [5, 5.41) is 11.6. The molecule has 0 heterocycles. The average Bonchev–Trinajstić information content (AvgIpc) is 2.61. The topological polar surface area (TPSA) is 78.4 Å². The van der Waals surface area contributed by atoms with Crippen molar-refractivity contribution >= 4 is 11.8 Å². The molecule has 0 aliphatic rings. The van der Waals surface area contributed by atoms with Crippen LogP contribution in [0.2, 0.25) is 0 Å². The van der Waals surface area contributed by atoms with Crippen LogP contribution in [0.5, 0.6) is 0 Å². The smallest absolute Gasteiger partial charge is 0.274 e. The maximum atomic E-state index is 12.2. The first-order valence-corrected chi connectivity index (χ1v) is 8.33. The number of rotatable bonds is 6. The number of amides is 2. The summed E-state index contributed by atoms with van der Waals surface area (Å²) in [5.74, 6) is -0.145. The van der Waals surface area contributed by atoms with Crippen molar-refractivity contribution in [2.24, 2.45) is 0 Å². The number of carbonyl (C=O) groups is 2. The van der Waals surface area contributed by atoms with E-state index in [0.717, 1.165) is 11.1 Å². The summed E-state index contributed by atoms with van der Waals surface area (Å²) in [6, 6.07) is 14.6. The molecule has 5 heteroatoms. The molecule has 2 amide bonds. The van der Waals surface area contributed by atoms with Crippen molar-refractivity contribution in [2.45, 2.75) is 39.2 Å². The molecule has 0 saturated heterocycles. The zero-order chi connectivity index (χ0) is 18.4. The SMILES string of the molecule is CC(C)c1ccc(CC(=O)NC(C)c2ccc(C(=O)NO)cc2)cc1. The van der Waals surface area contributed by atoms with Gasteiger partial charge in [0.1, 0.15) is 0 Å². The second-order valence-electron chi connectivity index (χ2n) is 6.43. The van der Waals surface area contributed by atoms with E-state index in [1.807, 2.05) is 19.1 Å². The third-order valence-corrected chi connectivity index (χ3v) is 4.16. The van der Waals surface area contributed by atoms with Gasteiger partial charge in [0.2, 0.25) is 5.91 Å². The molecular weight excluding hydrogens is 316 g/mol. The van der Waals surface area contributed by atoms with Crippen molar-refractivity contribution in [3.05, 3.63) is 70.8 Å². The molecule has 0 aliphatic carbocycles. The Bertz CT molecular complexity index is 722. The number of carbonyl (C=O) groups excluding carboxylic acids is 2. The molecule has 0 aliphatic heterocycles. The number of hydroxylamine groups is 1. The van der Waals surface area contributed by atoms with Gasteiger partial charge in [-0.3, -0.25) is 14.8 Å². The third-order valence-electron chi connectivity index (χ3n) is 4.16. The van der Waals surface area contributed by atoms with Crippen molar-refractivity contribution in [1.29, 1.82) is 0 Å². The minimum atomic E-state index is -0.562. The molecule has 2 rings (SSSR count). The van der Waals surface area contributed by atoms with E-state index in [1.54, 1.807) is 29.7 Å². The quantitative estimate of drug-likeness (QED) is 0.557. The summed E-state index contributed by atoms with van der Waals surface area (Å²) in [6.07, 6.45) is 0.327. The second kappa shape index (κ2) is 8.44. The summed E-state index contributed by atoms with van der Waals surface area (Å²) in [4.78, 5) is 23.5. The molecule has 2 aromatic rings. The van der Waals surface area contributed by atoms with Gasteiger partial charge in [0.05, 0.1) is 12.5 Å². The maximum absolute atomic E-state index is 12.2. The third kappa shape index (κ3) is 5.16. The van der Waals surface area contributed by atoms with Gasteiger partial charge in [-0.2, -0.15) is 0 Å². The van der Waals surface area contributed by atoms with E-state index in [0.29, 0.717) is 17.9 Å². The highest BCUT2D eigenvalue weighted by Crippen LogP contribution is 2.16.